The van der Waals surface area contributed by atoms with Crippen molar-refractivity contribution in [2.75, 3.05) is 39.9 Å². The van der Waals surface area contributed by atoms with Gasteiger partial charge in [-0.1, -0.05) is 29.8 Å². The number of rotatable bonds is 4. The Labute approximate surface area is 201 Å². The fourth-order valence-electron chi connectivity index (χ4n) is 4.65. The van der Waals surface area contributed by atoms with Crippen LogP contribution in [0, 0.1) is 0 Å². The molecule has 2 aliphatic rings. The smallest absolute Gasteiger partial charge is 0.193 e. The molecule has 30 heavy (non-hydrogen) atoms. The summed E-state index contributed by atoms with van der Waals surface area (Å²) in [5.41, 5.74) is 2.49. The molecule has 164 valence electrons. The summed E-state index contributed by atoms with van der Waals surface area (Å²) >= 11 is 6.60. The predicted molar refractivity (Wildman–Crippen MR) is 132 cm³/mol. The van der Waals surface area contributed by atoms with E-state index < -0.39 is 0 Å². The van der Waals surface area contributed by atoms with Crippen molar-refractivity contribution < 1.29 is 4.74 Å². The first-order valence-electron chi connectivity index (χ1n) is 10.4. The van der Waals surface area contributed by atoms with Gasteiger partial charge in [0.25, 0.3) is 0 Å². The lowest BCUT2D eigenvalue weighted by Gasteiger charge is -2.39. The van der Waals surface area contributed by atoms with E-state index in [1.165, 1.54) is 11.1 Å². The maximum atomic E-state index is 6.60. The SMILES string of the molecule is CN=C(NCC1(c2ccccc2Cl)CCOCC1)N1CCC(c2cnn(C)c2)C1.I. The molecule has 1 aromatic carbocycles. The summed E-state index contributed by atoms with van der Waals surface area (Å²) in [4.78, 5) is 6.94. The third-order valence-corrected chi connectivity index (χ3v) is 6.71. The Morgan fingerprint density at radius 3 is 2.77 bits per heavy atom. The van der Waals surface area contributed by atoms with Gasteiger partial charge in [0.05, 0.1) is 6.20 Å². The number of guanidine groups is 1. The molecule has 4 rings (SSSR count). The number of aromatic nitrogens is 2. The lowest BCUT2D eigenvalue weighted by molar-refractivity contribution is 0.0512. The first kappa shape index (κ1) is 23.3. The number of nitrogens with one attached hydrogen (secondary N) is 1. The van der Waals surface area contributed by atoms with Crippen LogP contribution in [0.4, 0.5) is 0 Å². The minimum absolute atomic E-state index is 0. The van der Waals surface area contributed by atoms with Gasteiger partial charge in [0, 0.05) is 69.5 Å². The Balaban J connectivity index is 0.00000256. The van der Waals surface area contributed by atoms with E-state index >= 15 is 0 Å². The summed E-state index contributed by atoms with van der Waals surface area (Å²) < 4.78 is 7.54. The third-order valence-electron chi connectivity index (χ3n) is 6.38. The van der Waals surface area contributed by atoms with E-state index in [0.29, 0.717) is 5.92 Å². The molecule has 1 unspecified atom stereocenters. The zero-order valence-corrected chi connectivity index (χ0v) is 20.8. The van der Waals surface area contributed by atoms with Crippen molar-refractivity contribution in [2.45, 2.75) is 30.6 Å². The van der Waals surface area contributed by atoms with Gasteiger partial charge in [-0.05, 0) is 36.5 Å². The van der Waals surface area contributed by atoms with Crippen LogP contribution in [0.3, 0.4) is 0 Å². The summed E-state index contributed by atoms with van der Waals surface area (Å²) in [7, 11) is 3.84. The number of hydrogen-bond donors (Lipinski definition) is 1. The number of nitrogens with zero attached hydrogens (tertiary/aromatic N) is 4. The number of benzene rings is 1. The topological polar surface area (TPSA) is 54.7 Å². The van der Waals surface area contributed by atoms with E-state index in [1.807, 2.05) is 37.1 Å². The van der Waals surface area contributed by atoms with Crippen molar-refractivity contribution in [3.05, 3.63) is 52.8 Å². The first-order chi connectivity index (χ1) is 14.1. The van der Waals surface area contributed by atoms with Gasteiger partial charge in [-0.3, -0.25) is 9.67 Å². The van der Waals surface area contributed by atoms with Crippen LogP contribution in [0.25, 0.3) is 0 Å². The average molecular weight is 544 g/mol. The second-order valence-corrected chi connectivity index (χ2v) is 8.56. The molecule has 1 N–H and O–H groups in total. The molecule has 2 aromatic rings. The van der Waals surface area contributed by atoms with Crippen LogP contribution in [0.5, 0.6) is 0 Å². The van der Waals surface area contributed by atoms with Crippen LogP contribution in [0.1, 0.15) is 36.3 Å². The van der Waals surface area contributed by atoms with Crippen molar-refractivity contribution in [1.29, 1.82) is 0 Å². The maximum Gasteiger partial charge on any atom is 0.193 e. The number of aryl methyl sites for hydroxylation is 1. The summed E-state index contributed by atoms with van der Waals surface area (Å²) in [6.07, 6.45) is 7.14. The maximum absolute atomic E-state index is 6.60. The van der Waals surface area contributed by atoms with Gasteiger partial charge in [0.15, 0.2) is 5.96 Å². The Morgan fingerprint density at radius 2 is 2.10 bits per heavy atom. The molecule has 8 heteroatoms. The molecular formula is C22H31ClIN5O. The minimum Gasteiger partial charge on any atom is -0.381 e. The Kier molecular flexibility index (Phi) is 8.04. The molecule has 0 bridgehead atoms. The summed E-state index contributed by atoms with van der Waals surface area (Å²) in [5.74, 6) is 1.47. The highest BCUT2D eigenvalue weighted by Gasteiger charge is 2.37. The van der Waals surface area contributed by atoms with Gasteiger partial charge in [0.1, 0.15) is 0 Å². The van der Waals surface area contributed by atoms with Crippen molar-refractivity contribution in [2.24, 2.45) is 12.0 Å². The highest BCUT2D eigenvalue weighted by Crippen LogP contribution is 2.38. The number of halogens is 2. The molecule has 0 radical (unpaired) electrons. The lowest BCUT2D eigenvalue weighted by Crippen LogP contribution is -2.49. The van der Waals surface area contributed by atoms with Crippen molar-refractivity contribution >= 4 is 41.5 Å². The molecule has 0 aliphatic carbocycles. The minimum atomic E-state index is -0.0327. The van der Waals surface area contributed by atoms with Crippen LogP contribution in [0.15, 0.2) is 41.7 Å². The number of aliphatic imine (C=N–C) groups is 1. The van der Waals surface area contributed by atoms with E-state index in [0.717, 1.165) is 63.1 Å². The Bertz CT molecular complexity index is 865. The normalized spacial score (nSPS) is 21.4. The van der Waals surface area contributed by atoms with Crippen molar-refractivity contribution in [3.8, 4) is 0 Å². The molecule has 0 saturated carbocycles. The van der Waals surface area contributed by atoms with Crippen molar-refractivity contribution in [1.82, 2.24) is 20.0 Å². The highest BCUT2D eigenvalue weighted by atomic mass is 127. The monoisotopic (exact) mass is 543 g/mol. The van der Waals surface area contributed by atoms with Gasteiger partial charge in [-0.25, -0.2) is 0 Å². The largest absolute Gasteiger partial charge is 0.381 e. The van der Waals surface area contributed by atoms with Gasteiger partial charge >= 0.3 is 0 Å². The van der Waals surface area contributed by atoms with E-state index in [4.69, 9.17) is 16.3 Å². The summed E-state index contributed by atoms with van der Waals surface area (Å²) in [6, 6.07) is 8.22. The van der Waals surface area contributed by atoms with Crippen LogP contribution >= 0.6 is 35.6 Å². The van der Waals surface area contributed by atoms with Crippen molar-refractivity contribution in [3.63, 3.8) is 0 Å². The first-order valence-corrected chi connectivity index (χ1v) is 10.8. The Morgan fingerprint density at radius 1 is 1.33 bits per heavy atom. The second-order valence-electron chi connectivity index (χ2n) is 8.15. The molecule has 6 nitrogen and oxygen atoms in total. The quantitative estimate of drug-likeness (QED) is 0.362. The molecule has 2 saturated heterocycles. The van der Waals surface area contributed by atoms with Gasteiger partial charge in [-0.15, -0.1) is 24.0 Å². The van der Waals surface area contributed by atoms with Gasteiger partial charge in [-0.2, -0.15) is 5.10 Å². The average Bonchev–Trinajstić information content (AvgIpc) is 3.39. The lowest BCUT2D eigenvalue weighted by atomic mass is 9.74. The van der Waals surface area contributed by atoms with E-state index in [9.17, 15) is 0 Å². The molecule has 1 atom stereocenters. The van der Waals surface area contributed by atoms with Gasteiger partial charge < -0.3 is 15.0 Å². The fourth-order valence-corrected chi connectivity index (χ4v) is 4.99. The van der Waals surface area contributed by atoms with E-state index in [2.05, 4.69) is 38.6 Å². The third kappa shape index (κ3) is 4.94. The fraction of sp³-hybridized carbons (Fsp3) is 0.545. The predicted octanol–water partition coefficient (Wildman–Crippen LogP) is 3.80. The molecule has 2 fully saturated rings. The number of hydrogen-bond acceptors (Lipinski definition) is 3. The van der Waals surface area contributed by atoms with Crippen LogP contribution in [0.2, 0.25) is 5.02 Å². The number of ether oxygens (including phenoxy) is 1. The van der Waals surface area contributed by atoms with Crippen LogP contribution < -0.4 is 5.32 Å². The Hall–Kier alpha value is -1.32. The zero-order chi connectivity index (χ0) is 20.3. The van der Waals surface area contributed by atoms with E-state index in [1.54, 1.807) is 0 Å². The van der Waals surface area contributed by atoms with Crippen LogP contribution in [-0.4, -0.2) is 60.5 Å². The second kappa shape index (κ2) is 10.3. The molecular weight excluding hydrogens is 513 g/mol. The van der Waals surface area contributed by atoms with Crippen LogP contribution in [-0.2, 0) is 17.2 Å². The molecule has 2 aliphatic heterocycles. The summed E-state index contributed by atoms with van der Waals surface area (Å²) in [6.45, 7) is 4.30. The summed E-state index contributed by atoms with van der Waals surface area (Å²) in [5, 5.41) is 8.83. The highest BCUT2D eigenvalue weighted by molar-refractivity contribution is 14.0. The zero-order valence-electron chi connectivity index (χ0n) is 17.7. The molecule has 0 amide bonds. The van der Waals surface area contributed by atoms with E-state index in [-0.39, 0.29) is 29.4 Å². The van der Waals surface area contributed by atoms with Gasteiger partial charge in [0.2, 0.25) is 0 Å². The standard InChI is InChI=1S/C22H30ClN5O.HI/c1-24-21(28-10-7-17(15-28)18-13-26-27(2)14-18)25-16-22(8-11-29-12-9-22)19-5-3-4-6-20(19)23;/h3-6,13-14,17H,7-12,15-16H2,1-2H3,(H,24,25);1H. The molecule has 0 spiro atoms. The molecule has 3 heterocycles. The number of likely N-dealkylation sites (tertiary alicyclic amines) is 1. The molecule has 1 aromatic heterocycles.